The van der Waals surface area contributed by atoms with Crippen LogP contribution in [-0.2, 0) is 17.6 Å². The summed E-state index contributed by atoms with van der Waals surface area (Å²) < 4.78 is 0. The molecule has 5 N–H and O–H groups in total. The Kier molecular flexibility index (Phi) is 7.22. The van der Waals surface area contributed by atoms with Crippen molar-refractivity contribution < 1.29 is 14.7 Å². The minimum Gasteiger partial charge on any atom is -0.478 e. The summed E-state index contributed by atoms with van der Waals surface area (Å²) in [5.41, 5.74) is 14.5. The lowest BCUT2D eigenvalue weighted by atomic mass is 9.90. The number of hydrogen-bond donors (Lipinski definition) is 4. The van der Waals surface area contributed by atoms with Gasteiger partial charge in [0.15, 0.2) is 0 Å². The third-order valence-electron chi connectivity index (χ3n) is 6.74. The van der Waals surface area contributed by atoms with E-state index in [0.29, 0.717) is 31.5 Å². The molecule has 0 radical (unpaired) electrons. The van der Waals surface area contributed by atoms with Gasteiger partial charge in [-0.1, -0.05) is 54.1 Å². The first-order valence-corrected chi connectivity index (χ1v) is 12.0. The van der Waals surface area contributed by atoms with E-state index in [4.69, 9.17) is 5.73 Å². The Morgan fingerprint density at radius 1 is 1.06 bits per heavy atom. The minimum absolute atomic E-state index is 0.225. The Morgan fingerprint density at radius 2 is 1.74 bits per heavy atom. The Bertz CT molecular complexity index is 1230. The van der Waals surface area contributed by atoms with E-state index < -0.39 is 12.0 Å². The number of amides is 1. The first-order chi connectivity index (χ1) is 16.7. The number of carbonyl (C=O) groups is 2. The predicted molar refractivity (Wildman–Crippen MR) is 139 cm³/mol. The van der Waals surface area contributed by atoms with Crippen molar-refractivity contribution in [3.63, 3.8) is 0 Å². The lowest BCUT2D eigenvalue weighted by Crippen LogP contribution is -2.45. The SMILES string of the molecule is Cc1cc(C)c(CC(N)C(=O)NC2CCNc3c(C(=O)O)cc(Cc4ccccc4)cc32)c(C)c1. The van der Waals surface area contributed by atoms with Gasteiger partial charge in [0.1, 0.15) is 0 Å². The fourth-order valence-corrected chi connectivity index (χ4v) is 5.07. The van der Waals surface area contributed by atoms with Crippen LogP contribution >= 0.6 is 0 Å². The van der Waals surface area contributed by atoms with Gasteiger partial charge in [0.2, 0.25) is 5.91 Å². The Morgan fingerprint density at radius 3 is 2.40 bits per heavy atom. The van der Waals surface area contributed by atoms with E-state index in [1.807, 2.05) is 50.2 Å². The van der Waals surface area contributed by atoms with Crippen LogP contribution in [0.4, 0.5) is 5.69 Å². The maximum absolute atomic E-state index is 13.1. The van der Waals surface area contributed by atoms with Crippen molar-refractivity contribution in [2.24, 2.45) is 5.73 Å². The molecule has 2 unspecified atom stereocenters. The molecular weight excluding hydrogens is 438 g/mol. The summed E-state index contributed by atoms with van der Waals surface area (Å²) in [4.78, 5) is 25.2. The van der Waals surface area contributed by atoms with Crippen molar-refractivity contribution in [1.82, 2.24) is 5.32 Å². The van der Waals surface area contributed by atoms with Crippen LogP contribution in [0.5, 0.6) is 0 Å². The van der Waals surface area contributed by atoms with E-state index >= 15 is 0 Å². The standard InChI is InChI=1S/C29H33N3O3/c1-17-11-18(2)22(19(3)12-17)16-25(30)28(33)32-26-9-10-31-27-23(26)14-21(15-24(27)29(34)35)13-20-7-5-4-6-8-20/h4-8,11-12,14-15,25-26,31H,9-10,13,16,30H2,1-3H3,(H,32,33)(H,34,35). The van der Waals surface area contributed by atoms with E-state index in [1.54, 1.807) is 6.07 Å². The molecule has 0 aliphatic carbocycles. The molecule has 182 valence electrons. The van der Waals surface area contributed by atoms with Crippen LogP contribution < -0.4 is 16.4 Å². The number of hydrogen-bond acceptors (Lipinski definition) is 4. The quantitative estimate of drug-likeness (QED) is 0.408. The molecule has 3 aromatic carbocycles. The lowest BCUT2D eigenvalue weighted by Gasteiger charge is -2.30. The highest BCUT2D eigenvalue weighted by Gasteiger charge is 2.28. The number of fused-ring (bicyclic) bond motifs is 1. The van der Waals surface area contributed by atoms with Crippen LogP contribution in [-0.4, -0.2) is 29.6 Å². The maximum atomic E-state index is 13.1. The topological polar surface area (TPSA) is 104 Å². The highest BCUT2D eigenvalue weighted by Crippen LogP contribution is 2.35. The molecule has 3 aromatic rings. The third-order valence-corrected chi connectivity index (χ3v) is 6.74. The highest BCUT2D eigenvalue weighted by molar-refractivity contribution is 5.96. The number of carboxylic acid groups (broad SMARTS) is 1. The largest absolute Gasteiger partial charge is 0.478 e. The van der Waals surface area contributed by atoms with Gasteiger partial charge in [-0.3, -0.25) is 4.79 Å². The fraction of sp³-hybridized carbons (Fsp3) is 0.310. The van der Waals surface area contributed by atoms with Gasteiger partial charge in [0.25, 0.3) is 0 Å². The number of anilines is 1. The van der Waals surface area contributed by atoms with Gasteiger partial charge in [0, 0.05) is 6.54 Å². The molecule has 4 rings (SSSR count). The molecule has 2 atom stereocenters. The van der Waals surface area contributed by atoms with Gasteiger partial charge < -0.3 is 21.5 Å². The predicted octanol–water partition coefficient (Wildman–Crippen LogP) is 4.44. The van der Waals surface area contributed by atoms with Crippen LogP contribution in [0.25, 0.3) is 0 Å². The summed E-state index contributed by atoms with van der Waals surface area (Å²) in [7, 11) is 0. The zero-order valence-electron chi connectivity index (χ0n) is 20.5. The fourth-order valence-electron chi connectivity index (χ4n) is 5.07. The third kappa shape index (κ3) is 5.54. The molecule has 0 aromatic heterocycles. The van der Waals surface area contributed by atoms with Crippen molar-refractivity contribution in [3.05, 3.63) is 99.1 Å². The molecule has 0 saturated carbocycles. The van der Waals surface area contributed by atoms with Gasteiger partial charge in [-0.05, 0) is 79.5 Å². The molecule has 0 spiro atoms. The van der Waals surface area contributed by atoms with Crippen molar-refractivity contribution in [1.29, 1.82) is 0 Å². The lowest BCUT2D eigenvalue weighted by molar-refractivity contribution is -0.123. The van der Waals surface area contributed by atoms with Gasteiger partial charge in [-0.2, -0.15) is 0 Å². The first kappa shape index (κ1) is 24.5. The van der Waals surface area contributed by atoms with E-state index in [9.17, 15) is 14.7 Å². The van der Waals surface area contributed by atoms with E-state index in [-0.39, 0.29) is 17.5 Å². The maximum Gasteiger partial charge on any atom is 0.337 e. The molecule has 35 heavy (non-hydrogen) atoms. The highest BCUT2D eigenvalue weighted by atomic mass is 16.4. The average molecular weight is 472 g/mol. The van der Waals surface area contributed by atoms with Gasteiger partial charge in [-0.25, -0.2) is 4.79 Å². The number of aromatic carboxylic acids is 1. The van der Waals surface area contributed by atoms with Crippen LogP contribution in [0.3, 0.4) is 0 Å². The normalized spacial score (nSPS) is 15.6. The Balaban J connectivity index is 1.58. The van der Waals surface area contributed by atoms with Gasteiger partial charge in [-0.15, -0.1) is 0 Å². The number of carboxylic acids is 1. The van der Waals surface area contributed by atoms with E-state index in [1.165, 1.54) is 5.56 Å². The molecule has 0 fully saturated rings. The smallest absolute Gasteiger partial charge is 0.337 e. The van der Waals surface area contributed by atoms with E-state index in [2.05, 4.69) is 29.7 Å². The first-order valence-electron chi connectivity index (χ1n) is 12.0. The second kappa shape index (κ2) is 10.3. The molecule has 1 aliphatic heterocycles. The average Bonchev–Trinajstić information content (AvgIpc) is 2.81. The number of nitrogens with one attached hydrogen (secondary N) is 2. The Hall–Kier alpha value is -3.64. The summed E-state index contributed by atoms with van der Waals surface area (Å²) in [6, 6.07) is 16.9. The molecule has 1 heterocycles. The van der Waals surface area contributed by atoms with Crippen molar-refractivity contribution in [2.45, 2.75) is 52.1 Å². The Labute approximate surface area is 206 Å². The molecular formula is C29H33N3O3. The molecule has 6 heteroatoms. The zero-order chi connectivity index (χ0) is 25.1. The number of rotatable bonds is 7. The second-order valence-corrected chi connectivity index (χ2v) is 9.54. The molecule has 6 nitrogen and oxygen atoms in total. The second-order valence-electron chi connectivity index (χ2n) is 9.54. The zero-order valence-corrected chi connectivity index (χ0v) is 20.5. The van der Waals surface area contributed by atoms with Crippen molar-refractivity contribution in [3.8, 4) is 0 Å². The summed E-state index contributed by atoms with van der Waals surface area (Å²) in [5.74, 6) is -1.22. The van der Waals surface area contributed by atoms with Crippen LogP contribution in [0.1, 0.15) is 61.8 Å². The number of benzene rings is 3. The molecule has 0 saturated heterocycles. The molecule has 1 aliphatic rings. The number of nitrogens with two attached hydrogens (primary N) is 1. The van der Waals surface area contributed by atoms with Crippen molar-refractivity contribution >= 4 is 17.6 Å². The minimum atomic E-state index is -0.988. The molecule has 0 bridgehead atoms. The van der Waals surface area contributed by atoms with Gasteiger partial charge >= 0.3 is 5.97 Å². The van der Waals surface area contributed by atoms with Crippen LogP contribution in [0, 0.1) is 20.8 Å². The summed E-state index contributed by atoms with van der Waals surface area (Å²) >= 11 is 0. The number of carbonyl (C=O) groups excluding carboxylic acids is 1. The summed E-state index contributed by atoms with van der Waals surface area (Å²) in [6.07, 6.45) is 1.72. The summed E-state index contributed by atoms with van der Waals surface area (Å²) in [6.45, 7) is 6.72. The number of aryl methyl sites for hydroxylation is 3. The van der Waals surface area contributed by atoms with E-state index in [0.717, 1.165) is 33.4 Å². The monoisotopic (exact) mass is 471 g/mol. The molecule has 1 amide bonds. The van der Waals surface area contributed by atoms with Crippen LogP contribution in [0.2, 0.25) is 0 Å². The van der Waals surface area contributed by atoms with Crippen LogP contribution in [0.15, 0.2) is 54.6 Å². The summed E-state index contributed by atoms with van der Waals surface area (Å²) in [5, 5.41) is 16.2. The van der Waals surface area contributed by atoms with Gasteiger partial charge in [0.05, 0.1) is 23.3 Å². The van der Waals surface area contributed by atoms with Crippen molar-refractivity contribution in [2.75, 3.05) is 11.9 Å².